The van der Waals surface area contributed by atoms with Gasteiger partial charge in [-0.05, 0) is 69.8 Å². The molecule has 1 atom stereocenters. The summed E-state index contributed by atoms with van der Waals surface area (Å²) >= 11 is 0. The van der Waals surface area contributed by atoms with Gasteiger partial charge in [-0.2, -0.15) is 0 Å². The Balaban J connectivity index is 1.58. The van der Waals surface area contributed by atoms with Gasteiger partial charge in [-0.25, -0.2) is 4.39 Å². The van der Waals surface area contributed by atoms with Gasteiger partial charge in [0.2, 0.25) is 0 Å². The van der Waals surface area contributed by atoms with Crippen molar-refractivity contribution in [3.8, 4) is 11.1 Å². The molecule has 1 N–H and O–H groups in total. The molecule has 5 aromatic rings. The number of benzene rings is 5. The van der Waals surface area contributed by atoms with Gasteiger partial charge >= 0.3 is 0 Å². The number of para-hydroxylation sites is 1. The summed E-state index contributed by atoms with van der Waals surface area (Å²) in [6.07, 6.45) is 0. The number of hydrogen-bond acceptors (Lipinski definition) is 1. The van der Waals surface area contributed by atoms with E-state index in [1.54, 1.807) is 12.1 Å². The van der Waals surface area contributed by atoms with E-state index in [1.165, 1.54) is 5.56 Å². The standard InChI is InChI=1S/C31H22FN/c32-24-17-20-28-27-13-7-8-14-29(27)31(30(28)21-24,22-9-3-1-4-10-22)23-15-18-26(19-16-23)33-25-11-5-2-6-12-25/h1-21,33H. The molecule has 0 heterocycles. The summed E-state index contributed by atoms with van der Waals surface area (Å²) in [4.78, 5) is 0. The van der Waals surface area contributed by atoms with Gasteiger partial charge in [0.15, 0.2) is 0 Å². The summed E-state index contributed by atoms with van der Waals surface area (Å²) in [7, 11) is 0. The molecule has 6 rings (SSSR count). The number of rotatable bonds is 4. The highest BCUT2D eigenvalue weighted by molar-refractivity contribution is 5.86. The first-order chi connectivity index (χ1) is 16.3. The van der Waals surface area contributed by atoms with Crippen molar-refractivity contribution in [3.05, 3.63) is 155 Å². The third-order valence-corrected chi connectivity index (χ3v) is 6.59. The van der Waals surface area contributed by atoms with Crippen LogP contribution in [0.25, 0.3) is 11.1 Å². The highest BCUT2D eigenvalue weighted by Crippen LogP contribution is 2.56. The molecule has 0 saturated heterocycles. The van der Waals surface area contributed by atoms with Crippen molar-refractivity contribution in [3.63, 3.8) is 0 Å². The largest absolute Gasteiger partial charge is 0.356 e. The molecule has 158 valence electrons. The van der Waals surface area contributed by atoms with E-state index >= 15 is 0 Å². The van der Waals surface area contributed by atoms with Crippen molar-refractivity contribution in [2.45, 2.75) is 5.41 Å². The van der Waals surface area contributed by atoms with Crippen molar-refractivity contribution in [1.82, 2.24) is 0 Å². The van der Waals surface area contributed by atoms with Crippen LogP contribution in [0.3, 0.4) is 0 Å². The number of halogens is 1. The Kier molecular flexibility index (Phi) is 4.58. The van der Waals surface area contributed by atoms with Crippen LogP contribution in [0.15, 0.2) is 127 Å². The van der Waals surface area contributed by atoms with Crippen LogP contribution in [0.2, 0.25) is 0 Å². The highest BCUT2D eigenvalue weighted by Gasteiger charge is 2.46. The van der Waals surface area contributed by atoms with Gasteiger partial charge in [-0.3, -0.25) is 0 Å². The van der Waals surface area contributed by atoms with Gasteiger partial charge in [0.1, 0.15) is 5.82 Å². The molecule has 1 aliphatic carbocycles. The van der Waals surface area contributed by atoms with E-state index in [4.69, 9.17) is 0 Å². The maximum atomic E-state index is 14.7. The van der Waals surface area contributed by atoms with Crippen molar-refractivity contribution < 1.29 is 4.39 Å². The van der Waals surface area contributed by atoms with Crippen LogP contribution < -0.4 is 5.32 Å². The van der Waals surface area contributed by atoms with Crippen LogP contribution in [-0.4, -0.2) is 0 Å². The molecule has 0 saturated carbocycles. The lowest BCUT2D eigenvalue weighted by atomic mass is 9.67. The van der Waals surface area contributed by atoms with Crippen LogP contribution in [0.5, 0.6) is 0 Å². The Morgan fingerprint density at radius 1 is 0.485 bits per heavy atom. The van der Waals surface area contributed by atoms with E-state index in [9.17, 15) is 4.39 Å². The maximum absolute atomic E-state index is 14.7. The number of hydrogen-bond donors (Lipinski definition) is 1. The van der Waals surface area contributed by atoms with Crippen LogP contribution in [0, 0.1) is 5.82 Å². The second kappa shape index (κ2) is 7.75. The predicted octanol–water partition coefficient (Wildman–Crippen LogP) is 7.93. The molecule has 0 aliphatic heterocycles. The van der Waals surface area contributed by atoms with Gasteiger partial charge in [0.25, 0.3) is 0 Å². The number of anilines is 2. The SMILES string of the molecule is Fc1ccc2c(c1)C(c1ccccc1)(c1ccc(Nc3ccccc3)cc1)c1ccccc1-2. The molecule has 1 nitrogen and oxygen atoms in total. The zero-order valence-electron chi connectivity index (χ0n) is 18.0. The van der Waals surface area contributed by atoms with Gasteiger partial charge in [0.05, 0.1) is 5.41 Å². The van der Waals surface area contributed by atoms with Crippen molar-refractivity contribution >= 4 is 11.4 Å². The Labute approximate surface area is 193 Å². The number of nitrogens with one attached hydrogen (secondary N) is 1. The monoisotopic (exact) mass is 427 g/mol. The zero-order valence-corrected chi connectivity index (χ0v) is 18.0. The molecule has 33 heavy (non-hydrogen) atoms. The third-order valence-electron chi connectivity index (χ3n) is 6.59. The molecule has 1 aliphatic rings. The lowest BCUT2D eigenvalue weighted by Gasteiger charge is -2.34. The Morgan fingerprint density at radius 3 is 1.82 bits per heavy atom. The summed E-state index contributed by atoms with van der Waals surface area (Å²) in [5.41, 5.74) is 8.13. The normalized spacial score (nSPS) is 16.2. The zero-order chi connectivity index (χ0) is 22.3. The van der Waals surface area contributed by atoms with Crippen LogP contribution in [0.1, 0.15) is 22.3 Å². The van der Waals surface area contributed by atoms with Gasteiger partial charge in [-0.15, -0.1) is 0 Å². The first kappa shape index (κ1) is 19.5. The van der Waals surface area contributed by atoms with Crippen molar-refractivity contribution in [1.29, 1.82) is 0 Å². The molecule has 0 fully saturated rings. The van der Waals surface area contributed by atoms with E-state index in [0.29, 0.717) is 0 Å². The maximum Gasteiger partial charge on any atom is 0.123 e. The smallest absolute Gasteiger partial charge is 0.123 e. The van der Waals surface area contributed by atoms with Gasteiger partial charge in [-0.1, -0.05) is 91.0 Å². The third kappa shape index (κ3) is 3.07. The summed E-state index contributed by atoms with van der Waals surface area (Å²) in [5.74, 6) is -0.218. The molecule has 1 unspecified atom stereocenters. The fourth-order valence-electron chi connectivity index (χ4n) is 5.22. The minimum absolute atomic E-state index is 0.218. The van der Waals surface area contributed by atoms with Crippen molar-refractivity contribution in [2.75, 3.05) is 5.32 Å². The predicted molar refractivity (Wildman–Crippen MR) is 133 cm³/mol. The second-order valence-electron chi connectivity index (χ2n) is 8.42. The molecule has 0 aromatic heterocycles. The highest BCUT2D eigenvalue weighted by atomic mass is 19.1. The molecule has 0 bridgehead atoms. The van der Waals surface area contributed by atoms with Crippen LogP contribution in [0.4, 0.5) is 15.8 Å². The lowest BCUT2D eigenvalue weighted by molar-refractivity contribution is 0.621. The van der Waals surface area contributed by atoms with E-state index in [-0.39, 0.29) is 5.82 Å². The average Bonchev–Trinajstić information content (AvgIpc) is 3.16. The van der Waals surface area contributed by atoms with E-state index in [1.807, 2.05) is 42.5 Å². The fraction of sp³-hybridized carbons (Fsp3) is 0.0323. The van der Waals surface area contributed by atoms with E-state index in [2.05, 4.69) is 78.1 Å². The molecule has 5 aromatic carbocycles. The summed E-state index contributed by atoms with van der Waals surface area (Å²) in [5, 5.41) is 3.46. The van der Waals surface area contributed by atoms with Gasteiger partial charge < -0.3 is 5.32 Å². The Morgan fingerprint density at radius 2 is 1.06 bits per heavy atom. The Bertz CT molecular complexity index is 1430. The molecule has 0 radical (unpaired) electrons. The fourth-order valence-corrected chi connectivity index (χ4v) is 5.22. The lowest BCUT2D eigenvalue weighted by Crippen LogP contribution is -2.28. The minimum atomic E-state index is -0.583. The van der Waals surface area contributed by atoms with Crippen molar-refractivity contribution in [2.24, 2.45) is 0 Å². The summed E-state index contributed by atoms with van der Waals surface area (Å²) < 4.78 is 14.7. The van der Waals surface area contributed by atoms with Gasteiger partial charge in [0, 0.05) is 11.4 Å². The van der Waals surface area contributed by atoms with Crippen LogP contribution >= 0.6 is 0 Å². The van der Waals surface area contributed by atoms with Crippen LogP contribution in [-0.2, 0) is 5.41 Å². The average molecular weight is 428 g/mol. The molecule has 2 heteroatoms. The summed E-state index contributed by atoms with van der Waals surface area (Å²) in [6, 6.07) is 42.7. The Hall–Kier alpha value is -4.17. The first-order valence-corrected chi connectivity index (χ1v) is 11.1. The van der Waals surface area contributed by atoms with E-state index in [0.717, 1.165) is 39.2 Å². The van der Waals surface area contributed by atoms with E-state index < -0.39 is 5.41 Å². The molecular weight excluding hydrogens is 405 g/mol. The second-order valence-corrected chi connectivity index (χ2v) is 8.42. The summed E-state index contributed by atoms with van der Waals surface area (Å²) in [6.45, 7) is 0. The number of fused-ring (bicyclic) bond motifs is 3. The molecule has 0 amide bonds. The minimum Gasteiger partial charge on any atom is -0.356 e. The quantitative estimate of drug-likeness (QED) is 0.301. The topological polar surface area (TPSA) is 12.0 Å². The molecular formula is C31H22FN. The first-order valence-electron chi connectivity index (χ1n) is 11.1. The molecule has 0 spiro atoms.